The van der Waals surface area contributed by atoms with E-state index >= 15 is 0 Å². The molecule has 112 valence electrons. The number of carboxylic acids is 1. The highest BCUT2D eigenvalue weighted by Crippen LogP contribution is 2.24. The Labute approximate surface area is 125 Å². The normalized spacial score (nSPS) is 12.0. The largest absolute Gasteiger partial charge is 0.481 e. The summed E-state index contributed by atoms with van der Waals surface area (Å²) in [4.78, 5) is 23.4. The van der Waals surface area contributed by atoms with Gasteiger partial charge in [-0.05, 0) is 24.3 Å². The van der Waals surface area contributed by atoms with Crippen LogP contribution < -0.4 is 5.32 Å². The monoisotopic (exact) mass is 308 g/mol. The van der Waals surface area contributed by atoms with Crippen molar-refractivity contribution in [3.05, 3.63) is 29.3 Å². The number of nitrogens with zero attached hydrogens (tertiary/aromatic N) is 1. The Balaban J connectivity index is 1.80. The summed E-state index contributed by atoms with van der Waals surface area (Å²) in [5, 5.41) is 17.1. The maximum atomic E-state index is 11.9. The number of thiophene rings is 1. The molecule has 0 aromatic carbocycles. The number of aliphatic carboxylic acids is 1. The predicted octanol–water partition coefficient (Wildman–Crippen LogP) is 2.63. The van der Waals surface area contributed by atoms with E-state index in [-0.39, 0.29) is 11.6 Å². The Hall–Kier alpha value is -2.15. The minimum Gasteiger partial charge on any atom is -0.481 e. The van der Waals surface area contributed by atoms with E-state index in [1.807, 2.05) is 17.5 Å². The smallest absolute Gasteiger partial charge is 0.306 e. The molecule has 0 saturated carbocycles. The predicted molar refractivity (Wildman–Crippen MR) is 78.2 cm³/mol. The number of amides is 1. The molecule has 7 heteroatoms. The third-order valence-electron chi connectivity index (χ3n) is 3.03. The number of aromatic nitrogens is 1. The van der Waals surface area contributed by atoms with Gasteiger partial charge in [0.1, 0.15) is 0 Å². The average molecular weight is 308 g/mol. The van der Waals surface area contributed by atoms with E-state index in [9.17, 15) is 9.59 Å². The third kappa shape index (κ3) is 4.16. The average Bonchev–Trinajstić information content (AvgIpc) is 3.12. The van der Waals surface area contributed by atoms with E-state index in [1.165, 1.54) is 11.3 Å². The Morgan fingerprint density at radius 1 is 1.52 bits per heavy atom. The van der Waals surface area contributed by atoms with E-state index in [0.717, 1.165) is 4.88 Å². The second-order valence-electron chi connectivity index (χ2n) is 4.69. The first-order valence-corrected chi connectivity index (χ1v) is 7.47. The van der Waals surface area contributed by atoms with Crippen molar-refractivity contribution in [2.24, 2.45) is 5.92 Å². The molecule has 0 aliphatic carbocycles. The molecule has 2 heterocycles. The molecule has 2 rings (SSSR count). The number of hydrogen-bond acceptors (Lipinski definition) is 5. The van der Waals surface area contributed by atoms with E-state index in [2.05, 4.69) is 10.5 Å². The zero-order valence-electron chi connectivity index (χ0n) is 11.5. The van der Waals surface area contributed by atoms with Crippen molar-refractivity contribution in [3.63, 3.8) is 0 Å². The summed E-state index contributed by atoms with van der Waals surface area (Å²) in [5.74, 6) is -0.975. The Bertz CT molecular complexity index is 606. The van der Waals surface area contributed by atoms with E-state index in [0.29, 0.717) is 25.1 Å². The number of nitrogens with one attached hydrogen (secondary N) is 1. The Kier molecular flexibility index (Phi) is 5.10. The SMILES string of the molecule is CC(CCCNC(=O)c1cc(-c2cccs2)on1)C(=O)O. The fraction of sp³-hybridized carbons (Fsp3) is 0.357. The van der Waals surface area contributed by atoms with Gasteiger partial charge in [-0.15, -0.1) is 11.3 Å². The summed E-state index contributed by atoms with van der Waals surface area (Å²) in [6, 6.07) is 5.38. The molecule has 2 N–H and O–H groups in total. The van der Waals surface area contributed by atoms with Crippen LogP contribution in [0.2, 0.25) is 0 Å². The lowest BCUT2D eigenvalue weighted by Gasteiger charge is -2.06. The van der Waals surface area contributed by atoms with E-state index < -0.39 is 11.9 Å². The van der Waals surface area contributed by atoms with Crippen molar-refractivity contribution in [3.8, 4) is 10.6 Å². The van der Waals surface area contributed by atoms with Crippen LogP contribution in [0.1, 0.15) is 30.3 Å². The molecule has 0 bridgehead atoms. The van der Waals surface area contributed by atoms with Crippen molar-refractivity contribution in [1.82, 2.24) is 10.5 Å². The van der Waals surface area contributed by atoms with Crippen molar-refractivity contribution < 1.29 is 19.2 Å². The van der Waals surface area contributed by atoms with Crippen LogP contribution in [0.5, 0.6) is 0 Å². The van der Waals surface area contributed by atoms with Crippen LogP contribution in [0.25, 0.3) is 10.6 Å². The van der Waals surface area contributed by atoms with Crippen LogP contribution in [-0.4, -0.2) is 28.7 Å². The van der Waals surface area contributed by atoms with Crippen LogP contribution in [0.3, 0.4) is 0 Å². The molecule has 0 fully saturated rings. The van der Waals surface area contributed by atoms with Gasteiger partial charge in [0.25, 0.3) is 5.91 Å². The fourth-order valence-electron chi connectivity index (χ4n) is 1.74. The standard InChI is InChI=1S/C14H16N2O4S/c1-9(14(18)19)4-2-6-15-13(17)10-8-11(20-16-10)12-5-3-7-21-12/h3,5,7-9H,2,4,6H2,1H3,(H,15,17)(H,18,19). The summed E-state index contributed by atoms with van der Waals surface area (Å²) in [7, 11) is 0. The summed E-state index contributed by atoms with van der Waals surface area (Å²) in [6.45, 7) is 2.06. The molecule has 1 amide bonds. The topological polar surface area (TPSA) is 92.4 Å². The lowest BCUT2D eigenvalue weighted by atomic mass is 10.1. The van der Waals surface area contributed by atoms with Crippen molar-refractivity contribution >= 4 is 23.2 Å². The second kappa shape index (κ2) is 7.03. The summed E-state index contributed by atoms with van der Waals surface area (Å²) in [6.07, 6.45) is 1.13. The number of carboxylic acid groups (broad SMARTS) is 1. The highest BCUT2D eigenvalue weighted by Gasteiger charge is 2.14. The van der Waals surface area contributed by atoms with Gasteiger partial charge in [0.15, 0.2) is 11.5 Å². The quantitative estimate of drug-likeness (QED) is 0.767. The van der Waals surface area contributed by atoms with Gasteiger partial charge in [-0.1, -0.05) is 18.1 Å². The highest BCUT2D eigenvalue weighted by molar-refractivity contribution is 7.13. The van der Waals surface area contributed by atoms with Crippen LogP contribution >= 0.6 is 11.3 Å². The van der Waals surface area contributed by atoms with Crippen LogP contribution in [-0.2, 0) is 4.79 Å². The molecular weight excluding hydrogens is 292 g/mol. The van der Waals surface area contributed by atoms with Gasteiger partial charge in [0.05, 0.1) is 10.8 Å². The van der Waals surface area contributed by atoms with E-state index in [4.69, 9.17) is 9.63 Å². The van der Waals surface area contributed by atoms with Gasteiger partial charge in [-0.2, -0.15) is 0 Å². The van der Waals surface area contributed by atoms with Gasteiger partial charge < -0.3 is 14.9 Å². The first-order chi connectivity index (χ1) is 10.1. The molecule has 2 aromatic rings. The molecular formula is C14H16N2O4S. The minimum absolute atomic E-state index is 0.227. The van der Waals surface area contributed by atoms with Gasteiger partial charge in [0.2, 0.25) is 0 Å². The second-order valence-corrected chi connectivity index (χ2v) is 5.64. The summed E-state index contributed by atoms with van der Waals surface area (Å²) >= 11 is 1.51. The maximum Gasteiger partial charge on any atom is 0.306 e. The first kappa shape index (κ1) is 15.2. The first-order valence-electron chi connectivity index (χ1n) is 6.59. The molecule has 0 aliphatic rings. The Morgan fingerprint density at radius 3 is 3.00 bits per heavy atom. The lowest BCUT2D eigenvalue weighted by Crippen LogP contribution is -2.25. The van der Waals surface area contributed by atoms with Crippen molar-refractivity contribution in [1.29, 1.82) is 0 Å². The molecule has 1 unspecified atom stereocenters. The number of carbonyl (C=O) groups is 2. The van der Waals surface area contributed by atoms with Gasteiger partial charge in [0, 0.05) is 12.6 Å². The Morgan fingerprint density at radius 2 is 2.33 bits per heavy atom. The van der Waals surface area contributed by atoms with Crippen molar-refractivity contribution in [2.75, 3.05) is 6.54 Å². The maximum absolute atomic E-state index is 11.9. The molecule has 1 atom stereocenters. The molecule has 2 aromatic heterocycles. The van der Waals surface area contributed by atoms with Crippen LogP contribution in [0.15, 0.2) is 28.1 Å². The third-order valence-corrected chi connectivity index (χ3v) is 3.91. The molecule has 21 heavy (non-hydrogen) atoms. The summed E-state index contributed by atoms with van der Waals surface area (Å²) in [5.41, 5.74) is 0.227. The van der Waals surface area contributed by atoms with Gasteiger partial charge in [-0.3, -0.25) is 9.59 Å². The number of rotatable bonds is 7. The van der Waals surface area contributed by atoms with Gasteiger partial charge in [-0.25, -0.2) is 0 Å². The van der Waals surface area contributed by atoms with Crippen LogP contribution in [0, 0.1) is 5.92 Å². The lowest BCUT2D eigenvalue weighted by molar-refractivity contribution is -0.141. The summed E-state index contributed by atoms with van der Waals surface area (Å²) < 4.78 is 5.13. The van der Waals surface area contributed by atoms with Crippen molar-refractivity contribution in [2.45, 2.75) is 19.8 Å². The zero-order valence-corrected chi connectivity index (χ0v) is 12.4. The minimum atomic E-state index is -0.821. The molecule has 0 radical (unpaired) electrons. The molecule has 0 spiro atoms. The highest BCUT2D eigenvalue weighted by atomic mass is 32.1. The van der Waals surface area contributed by atoms with Gasteiger partial charge >= 0.3 is 5.97 Å². The zero-order chi connectivity index (χ0) is 15.2. The molecule has 0 aliphatic heterocycles. The number of hydrogen-bond donors (Lipinski definition) is 2. The van der Waals surface area contributed by atoms with Crippen LogP contribution in [0.4, 0.5) is 0 Å². The molecule has 0 saturated heterocycles. The number of carbonyl (C=O) groups excluding carboxylic acids is 1. The fourth-order valence-corrected chi connectivity index (χ4v) is 2.41. The molecule has 6 nitrogen and oxygen atoms in total. The van der Waals surface area contributed by atoms with E-state index in [1.54, 1.807) is 13.0 Å².